The molecule has 0 aliphatic carbocycles. The minimum absolute atomic E-state index is 0.133. The molecule has 1 aliphatic heterocycles. The fourth-order valence-electron chi connectivity index (χ4n) is 4.71. The lowest BCUT2D eigenvalue weighted by atomic mass is 10.1. The Labute approximate surface area is 251 Å². The van der Waals surface area contributed by atoms with Gasteiger partial charge in [-0.05, 0) is 57.3 Å². The number of anilines is 3. The van der Waals surface area contributed by atoms with Crippen LogP contribution in [0.4, 0.5) is 16.5 Å². The molecule has 5 rings (SSSR count). The van der Waals surface area contributed by atoms with Crippen molar-refractivity contribution in [2.45, 2.75) is 25.9 Å². The molecule has 3 aromatic carbocycles. The summed E-state index contributed by atoms with van der Waals surface area (Å²) in [4.78, 5) is 73.0. The molecule has 11 nitrogen and oxygen atoms in total. The predicted molar refractivity (Wildman–Crippen MR) is 166 cm³/mol. The maximum Gasteiger partial charge on any atom is 0.258 e. The number of aromatic nitrogens is 1. The zero-order valence-electron chi connectivity index (χ0n) is 23.8. The summed E-state index contributed by atoms with van der Waals surface area (Å²) in [7, 11) is 1.62. The van der Waals surface area contributed by atoms with Gasteiger partial charge in [-0.3, -0.25) is 28.9 Å². The van der Waals surface area contributed by atoms with Gasteiger partial charge in [0.1, 0.15) is 12.6 Å². The van der Waals surface area contributed by atoms with Crippen LogP contribution in [0.3, 0.4) is 0 Å². The summed E-state index contributed by atoms with van der Waals surface area (Å²) in [5, 5.41) is 8.76. The summed E-state index contributed by atoms with van der Waals surface area (Å²) < 4.78 is 0.904. The zero-order valence-corrected chi connectivity index (χ0v) is 24.6. The topological polar surface area (TPSA) is 141 Å². The first-order chi connectivity index (χ1) is 20.7. The summed E-state index contributed by atoms with van der Waals surface area (Å²) in [6.45, 7) is 2.53. The number of carbonyl (C=O) groups is 5. The van der Waals surface area contributed by atoms with E-state index < -0.39 is 35.7 Å². The third-order valence-corrected chi connectivity index (χ3v) is 8.11. The molecular formula is C31H30N6O5S. The number of amides is 4. The van der Waals surface area contributed by atoms with Crippen LogP contribution in [-0.2, 0) is 14.4 Å². The molecule has 0 bridgehead atoms. The summed E-state index contributed by atoms with van der Waals surface area (Å²) in [6, 6.07) is 18.7. The molecule has 4 aromatic rings. The van der Waals surface area contributed by atoms with Crippen LogP contribution in [0.1, 0.15) is 34.6 Å². The van der Waals surface area contributed by atoms with Crippen molar-refractivity contribution in [3.63, 3.8) is 0 Å². The average molecular weight is 599 g/mol. The standard InChI is InChI=1S/C31H30N6O5S/c1-18(32-3)28(40)33-23-16-36(29(41)21-14-12-20(13-15-21)19(2)38)24-9-5-6-10-25(24)37(30(23)42)17-27(39)35-31-34-22-8-4-7-11-26(22)43-31/h4-15,18,23,32H,16-17H2,1-3H3,(H,33,40)(H,34,35,39)/t18-,23-/m0/s1. The van der Waals surface area contributed by atoms with Crippen LogP contribution >= 0.6 is 11.3 Å². The van der Waals surface area contributed by atoms with Crippen LogP contribution < -0.4 is 25.8 Å². The summed E-state index contributed by atoms with van der Waals surface area (Å²) >= 11 is 1.31. The van der Waals surface area contributed by atoms with Gasteiger partial charge in [-0.15, -0.1) is 0 Å². The molecule has 4 amide bonds. The number of hydrogen-bond acceptors (Lipinski definition) is 8. The molecule has 0 saturated heterocycles. The largest absolute Gasteiger partial charge is 0.341 e. The summed E-state index contributed by atoms with van der Waals surface area (Å²) in [6.07, 6.45) is 0. The van der Waals surface area contributed by atoms with Crippen LogP contribution in [0, 0.1) is 0 Å². The maximum absolute atomic E-state index is 14.0. The van der Waals surface area contributed by atoms with Crippen molar-refractivity contribution in [1.29, 1.82) is 0 Å². The number of likely N-dealkylation sites (N-methyl/N-ethyl adjacent to an activating group) is 1. The maximum atomic E-state index is 14.0. The lowest BCUT2D eigenvalue weighted by molar-refractivity contribution is -0.128. The monoisotopic (exact) mass is 598 g/mol. The molecule has 220 valence electrons. The number of thiazole rings is 1. The molecule has 3 N–H and O–H groups in total. The quantitative estimate of drug-likeness (QED) is 0.265. The smallest absolute Gasteiger partial charge is 0.258 e. The first kappa shape index (κ1) is 29.5. The zero-order chi connectivity index (χ0) is 30.7. The molecule has 2 heterocycles. The second-order valence-electron chi connectivity index (χ2n) is 10.1. The van der Waals surface area contributed by atoms with Gasteiger partial charge in [-0.2, -0.15) is 0 Å². The number of benzene rings is 3. The summed E-state index contributed by atoms with van der Waals surface area (Å²) in [5.41, 5.74) is 2.22. The van der Waals surface area contributed by atoms with E-state index in [4.69, 9.17) is 0 Å². The van der Waals surface area contributed by atoms with Crippen molar-refractivity contribution in [2.75, 3.05) is 35.3 Å². The van der Waals surface area contributed by atoms with Gasteiger partial charge in [0.05, 0.1) is 34.2 Å². The van der Waals surface area contributed by atoms with Crippen molar-refractivity contribution in [1.82, 2.24) is 15.6 Å². The van der Waals surface area contributed by atoms with Gasteiger partial charge in [-0.25, -0.2) is 4.98 Å². The second kappa shape index (κ2) is 12.5. The van der Waals surface area contributed by atoms with Gasteiger partial charge < -0.3 is 20.9 Å². The van der Waals surface area contributed by atoms with Crippen LogP contribution in [0.5, 0.6) is 0 Å². The Kier molecular flexibility index (Phi) is 8.60. The van der Waals surface area contributed by atoms with E-state index in [1.165, 1.54) is 28.1 Å². The van der Waals surface area contributed by atoms with E-state index in [0.29, 0.717) is 27.6 Å². The molecule has 43 heavy (non-hydrogen) atoms. The van der Waals surface area contributed by atoms with Crippen LogP contribution in [0.2, 0.25) is 0 Å². The third kappa shape index (κ3) is 6.30. The number of nitrogens with zero attached hydrogens (tertiary/aromatic N) is 3. The highest BCUT2D eigenvalue weighted by atomic mass is 32.1. The van der Waals surface area contributed by atoms with Gasteiger partial charge in [0.15, 0.2) is 10.9 Å². The van der Waals surface area contributed by atoms with Gasteiger partial charge in [0.2, 0.25) is 11.8 Å². The predicted octanol–water partition coefficient (Wildman–Crippen LogP) is 3.22. The Hall–Kier alpha value is -4.94. The molecule has 12 heteroatoms. The average Bonchev–Trinajstić information content (AvgIpc) is 3.38. The molecule has 0 fully saturated rings. The third-order valence-electron chi connectivity index (χ3n) is 7.16. The number of ketones is 1. The van der Waals surface area contributed by atoms with E-state index >= 15 is 0 Å². The highest BCUT2D eigenvalue weighted by Gasteiger charge is 2.38. The Morgan fingerprint density at radius 2 is 1.60 bits per heavy atom. The fraction of sp³-hybridized carbons (Fsp3) is 0.226. The normalized spacial score (nSPS) is 15.4. The van der Waals surface area contributed by atoms with E-state index in [0.717, 1.165) is 10.2 Å². The minimum Gasteiger partial charge on any atom is -0.341 e. The van der Waals surface area contributed by atoms with E-state index in [1.807, 2.05) is 24.3 Å². The summed E-state index contributed by atoms with van der Waals surface area (Å²) in [5.74, 6) is -2.05. The van der Waals surface area contributed by atoms with Gasteiger partial charge in [0.25, 0.3) is 11.8 Å². The van der Waals surface area contributed by atoms with E-state index in [1.54, 1.807) is 62.5 Å². The Morgan fingerprint density at radius 1 is 0.953 bits per heavy atom. The molecule has 0 saturated carbocycles. The van der Waals surface area contributed by atoms with Gasteiger partial charge >= 0.3 is 0 Å². The fourth-order valence-corrected chi connectivity index (χ4v) is 5.59. The van der Waals surface area contributed by atoms with Crippen LogP contribution in [0.25, 0.3) is 10.2 Å². The van der Waals surface area contributed by atoms with Gasteiger partial charge in [0, 0.05) is 11.1 Å². The number of para-hydroxylation sites is 3. The number of hydrogen-bond donors (Lipinski definition) is 3. The Morgan fingerprint density at radius 3 is 2.28 bits per heavy atom. The van der Waals surface area contributed by atoms with Crippen molar-refractivity contribution < 1.29 is 24.0 Å². The van der Waals surface area contributed by atoms with E-state index in [-0.39, 0.29) is 18.9 Å². The molecular weight excluding hydrogens is 568 g/mol. The number of nitrogens with one attached hydrogen (secondary N) is 3. The number of Topliss-reactive ketones (excluding diaryl/α,β-unsaturated/α-hetero) is 1. The van der Waals surface area contributed by atoms with Crippen LogP contribution in [0.15, 0.2) is 72.8 Å². The molecule has 2 atom stereocenters. The first-order valence-corrected chi connectivity index (χ1v) is 14.4. The molecule has 1 aliphatic rings. The van der Waals surface area contributed by atoms with Crippen molar-refractivity contribution in [3.8, 4) is 0 Å². The second-order valence-corrected chi connectivity index (χ2v) is 11.1. The molecule has 1 aromatic heterocycles. The Bertz CT molecular complexity index is 1690. The molecule has 0 unspecified atom stereocenters. The highest BCUT2D eigenvalue weighted by molar-refractivity contribution is 7.22. The van der Waals surface area contributed by atoms with E-state index in [9.17, 15) is 24.0 Å². The van der Waals surface area contributed by atoms with Crippen molar-refractivity contribution in [3.05, 3.63) is 83.9 Å². The molecule has 0 spiro atoms. The number of fused-ring (bicyclic) bond motifs is 2. The Balaban J connectivity index is 1.50. The minimum atomic E-state index is -1.16. The number of carbonyl (C=O) groups excluding carboxylic acids is 5. The number of rotatable bonds is 8. The van der Waals surface area contributed by atoms with E-state index in [2.05, 4.69) is 20.9 Å². The van der Waals surface area contributed by atoms with Gasteiger partial charge in [-0.1, -0.05) is 47.7 Å². The van der Waals surface area contributed by atoms with Crippen molar-refractivity contribution in [2.24, 2.45) is 0 Å². The SMILES string of the molecule is CN[C@@H](C)C(=O)N[C@H]1CN(C(=O)c2ccc(C(C)=O)cc2)c2ccccc2N(CC(=O)Nc2nc3ccccc3s2)C1=O. The lowest BCUT2D eigenvalue weighted by Crippen LogP contribution is -2.56. The molecule has 0 radical (unpaired) electrons. The first-order valence-electron chi connectivity index (χ1n) is 13.6. The highest BCUT2D eigenvalue weighted by Crippen LogP contribution is 2.34. The van der Waals surface area contributed by atoms with Crippen molar-refractivity contribution >= 4 is 67.5 Å². The van der Waals surface area contributed by atoms with Crippen LogP contribution in [-0.4, -0.2) is 66.6 Å². The lowest BCUT2D eigenvalue weighted by Gasteiger charge is -2.26.